The van der Waals surface area contributed by atoms with Gasteiger partial charge in [-0.15, -0.1) is 0 Å². The summed E-state index contributed by atoms with van der Waals surface area (Å²) in [7, 11) is 0. The Morgan fingerprint density at radius 1 is 1.37 bits per heavy atom. The maximum atomic E-state index is 12.4. The van der Waals surface area contributed by atoms with E-state index in [2.05, 4.69) is 5.32 Å². The van der Waals surface area contributed by atoms with Gasteiger partial charge in [-0.25, -0.2) is 0 Å². The normalized spacial score (nSPS) is 12.8. The molecular formula is C11H11F3N2O3. The van der Waals surface area contributed by atoms with E-state index in [9.17, 15) is 22.8 Å². The number of benzene rings is 1. The summed E-state index contributed by atoms with van der Waals surface area (Å²) >= 11 is 0. The van der Waals surface area contributed by atoms with E-state index in [1.807, 2.05) is 0 Å². The van der Waals surface area contributed by atoms with E-state index < -0.39 is 36.1 Å². The maximum absolute atomic E-state index is 12.4. The van der Waals surface area contributed by atoms with Crippen LogP contribution in [0.25, 0.3) is 0 Å². The van der Waals surface area contributed by atoms with Crippen LogP contribution in [0.2, 0.25) is 0 Å². The van der Waals surface area contributed by atoms with E-state index >= 15 is 0 Å². The monoisotopic (exact) mass is 276 g/mol. The number of halogens is 3. The lowest BCUT2D eigenvalue weighted by Gasteiger charge is -2.12. The number of carbonyl (C=O) groups is 2. The summed E-state index contributed by atoms with van der Waals surface area (Å²) < 4.78 is 37.3. The average Bonchev–Trinajstić information content (AvgIpc) is 2.27. The summed E-state index contributed by atoms with van der Waals surface area (Å²) in [6, 6.07) is 2.65. The Morgan fingerprint density at radius 3 is 2.53 bits per heavy atom. The van der Waals surface area contributed by atoms with Gasteiger partial charge in [0.2, 0.25) is 5.91 Å². The Bertz CT molecular complexity index is 488. The predicted molar refractivity (Wildman–Crippen MR) is 60.3 cm³/mol. The van der Waals surface area contributed by atoms with Gasteiger partial charge in [-0.05, 0) is 18.2 Å². The minimum atomic E-state index is -4.52. The van der Waals surface area contributed by atoms with Gasteiger partial charge in [0.1, 0.15) is 0 Å². The van der Waals surface area contributed by atoms with Gasteiger partial charge in [0.25, 0.3) is 0 Å². The molecule has 0 aliphatic carbocycles. The van der Waals surface area contributed by atoms with Crippen LogP contribution in [0, 0.1) is 0 Å². The number of anilines is 1. The molecule has 0 saturated heterocycles. The van der Waals surface area contributed by atoms with Crippen molar-refractivity contribution in [2.75, 3.05) is 5.32 Å². The molecule has 0 radical (unpaired) electrons. The van der Waals surface area contributed by atoms with Gasteiger partial charge in [-0.3, -0.25) is 9.59 Å². The van der Waals surface area contributed by atoms with E-state index in [4.69, 9.17) is 10.8 Å². The van der Waals surface area contributed by atoms with Crippen LogP contribution in [0.4, 0.5) is 18.9 Å². The van der Waals surface area contributed by atoms with Crippen LogP contribution in [-0.4, -0.2) is 23.0 Å². The topological polar surface area (TPSA) is 92.4 Å². The molecule has 0 unspecified atom stereocenters. The van der Waals surface area contributed by atoms with Crippen molar-refractivity contribution in [3.63, 3.8) is 0 Å². The highest BCUT2D eigenvalue weighted by atomic mass is 19.4. The zero-order valence-electron chi connectivity index (χ0n) is 9.57. The van der Waals surface area contributed by atoms with E-state index in [1.165, 1.54) is 6.07 Å². The lowest BCUT2D eigenvalue weighted by Crippen LogP contribution is -2.37. The predicted octanol–water partition coefficient (Wildman–Crippen LogP) is 1.45. The molecule has 0 heterocycles. The van der Waals surface area contributed by atoms with Gasteiger partial charge in [0.05, 0.1) is 18.0 Å². The van der Waals surface area contributed by atoms with Crippen molar-refractivity contribution >= 4 is 17.6 Å². The lowest BCUT2D eigenvalue weighted by molar-refractivity contribution is -0.139. The van der Waals surface area contributed by atoms with Crippen LogP contribution in [0.1, 0.15) is 12.0 Å². The van der Waals surface area contributed by atoms with Gasteiger partial charge in [0.15, 0.2) is 0 Å². The van der Waals surface area contributed by atoms with Crippen molar-refractivity contribution < 1.29 is 27.9 Å². The minimum absolute atomic E-state index is 0.0966. The fraction of sp³-hybridized carbons (Fsp3) is 0.273. The van der Waals surface area contributed by atoms with E-state index in [0.717, 1.165) is 18.2 Å². The number of hydrogen-bond acceptors (Lipinski definition) is 3. The fourth-order valence-electron chi connectivity index (χ4n) is 1.29. The molecule has 104 valence electrons. The molecule has 0 fully saturated rings. The van der Waals surface area contributed by atoms with E-state index in [-0.39, 0.29) is 5.69 Å². The summed E-state index contributed by atoms with van der Waals surface area (Å²) in [5.41, 5.74) is 4.26. The number of rotatable bonds is 4. The number of nitrogens with one attached hydrogen (secondary N) is 1. The summed E-state index contributed by atoms with van der Waals surface area (Å²) in [5.74, 6) is -2.13. The highest BCUT2D eigenvalue weighted by Crippen LogP contribution is 2.30. The van der Waals surface area contributed by atoms with Crippen LogP contribution >= 0.6 is 0 Å². The van der Waals surface area contributed by atoms with Gasteiger partial charge in [-0.2, -0.15) is 13.2 Å². The number of carbonyl (C=O) groups excluding carboxylic acids is 1. The largest absolute Gasteiger partial charge is 0.481 e. The zero-order valence-corrected chi connectivity index (χ0v) is 9.57. The Morgan fingerprint density at radius 2 is 2.00 bits per heavy atom. The first kappa shape index (κ1) is 15.0. The summed E-state index contributed by atoms with van der Waals surface area (Å²) in [5, 5.41) is 10.6. The molecule has 0 aliphatic heterocycles. The quantitative estimate of drug-likeness (QED) is 0.776. The van der Waals surface area contributed by atoms with Crippen molar-refractivity contribution in [3.8, 4) is 0 Å². The van der Waals surface area contributed by atoms with E-state index in [1.54, 1.807) is 0 Å². The number of nitrogens with two attached hydrogens (primary N) is 1. The Labute approximate surface area is 106 Å². The molecular weight excluding hydrogens is 265 g/mol. The van der Waals surface area contributed by atoms with Gasteiger partial charge < -0.3 is 16.2 Å². The Balaban J connectivity index is 2.77. The van der Waals surface area contributed by atoms with Crippen LogP contribution in [0.5, 0.6) is 0 Å². The van der Waals surface area contributed by atoms with Gasteiger partial charge in [-0.1, -0.05) is 6.07 Å². The molecule has 1 rings (SSSR count). The standard InChI is InChI=1S/C11H11F3N2O3/c12-11(13,14)6-2-1-3-7(4-6)16-10(19)8(15)5-9(17)18/h1-4,8H,5,15H2,(H,16,19)(H,17,18)/t8-/m0/s1. The van der Waals surface area contributed by atoms with Crippen LogP contribution in [-0.2, 0) is 15.8 Å². The van der Waals surface area contributed by atoms with Crippen molar-refractivity contribution in [1.82, 2.24) is 0 Å². The van der Waals surface area contributed by atoms with Gasteiger partial charge >= 0.3 is 12.1 Å². The fourth-order valence-corrected chi connectivity index (χ4v) is 1.29. The second kappa shape index (κ2) is 5.70. The van der Waals surface area contributed by atoms with Crippen LogP contribution in [0.3, 0.4) is 0 Å². The third-order valence-electron chi connectivity index (χ3n) is 2.19. The zero-order chi connectivity index (χ0) is 14.6. The molecule has 0 aliphatic rings. The summed E-state index contributed by atoms with van der Waals surface area (Å²) in [6.45, 7) is 0. The molecule has 8 heteroatoms. The molecule has 1 aromatic carbocycles. The molecule has 0 aromatic heterocycles. The molecule has 5 nitrogen and oxygen atoms in total. The van der Waals surface area contributed by atoms with E-state index in [0.29, 0.717) is 0 Å². The molecule has 19 heavy (non-hydrogen) atoms. The molecule has 4 N–H and O–H groups in total. The molecule has 1 atom stereocenters. The van der Waals surface area contributed by atoms with Crippen molar-refractivity contribution in [3.05, 3.63) is 29.8 Å². The first-order valence-electron chi connectivity index (χ1n) is 5.15. The number of alkyl halides is 3. The van der Waals surface area contributed by atoms with Crippen molar-refractivity contribution in [1.29, 1.82) is 0 Å². The summed E-state index contributed by atoms with van der Waals surface area (Å²) in [6.07, 6.45) is -5.13. The third kappa shape index (κ3) is 4.59. The maximum Gasteiger partial charge on any atom is 0.416 e. The number of hydrogen-bond donors (Lipinski definition) is 3. The van der Waals surface area contributed by atoms with Crippen molar-refractivity contribution in [2.24, 2.45) is 5.73 Å². The van der Waals surface area contributed by atoms with Crippen molar-refractivity contribution in [2.45, 2.75) is 18.6 Å². The number of carboxylic acids is 1. The minimum Gasteiger partial charge on any atom is -0.481 e. The average molecular weight is 276 g/mol. The first-order valence-corrected chi connectivity index (χ1v) is 5.15. The Hall–Kier alpha value is -2.09. The van der Waals surface area contributed by atoms with Crippen LogP contribution in [0.15, 0.2) is 24.3 Å². The molecule has 1 aromatic rings. The lowest BCUT2D eigenvalue weighted by atomic mass is 10.1. The molecule has 1 amide bonds. The smallest absolute Gasteiger partial charge is 0.416 e. The highest BCUT2D eigenvalue weighted by Gasteiger charge is 2.30. The molecule has 0 spiro atoms. The molecule has 0 saturated carbocycles. The number of aliphatic carboxylic acids is 1. The highest BCUT2D eigenvalue weighted by molar-refractivity contribution is 5.96. The number of amides is 1. The third-order valence-corrected chi connectivity index (χ3v) is 2.19. The number of carboxylic acid groups (broad SMARTS) is 1. The second-order valence-corrected chi connectivity index (χ2v) is 3.77. The second-order valence-electron chi connectivity index (χ2n) is 3.77. The SMILES string of the molecule is N[C@@H](CC(=O)O)C(=O)Nc1cccc(C(F)(F)F)c1. The molecule has 0 bridgehead atoms. The van der Waals surface area contributed by atoms with Crippen LogP contribution < -0.4 is 11.1 Å². The first-order chi connectivity index (χ1) is 8.70. The summed E-state index contributed by atoms with van der Waals surface area (Å²) in [4.78, 5) is 21.8. The Kier molecular flexibility index (Phi) is 4.49. The van der Waals surface area contributed by atoms with Gasteiger partial charge in [0, 0.05) is 5.69 Å².